The molecule has 1 aliphatic rings. The number of nitrogens with zero attached hydrogens (tertiary/aromatic N) is 4. The Bertz CT molecular complexity index is 2630. The fourth-order valence-electron chi connectivity index (χ4n) is 8.31. The number of para-hydroxylation sites is 4. The Hall–Kier alpha value is -6.78. The summed E-state index contributed by atoms with van der Waals surface area (Å²) < 4.78 is 2.38. The van der Waals surface area contributed by atoms with E-state index in [0.29, 0.717) is 0 Å². The molecule has 0 radical (unpaired) electrons. The highest BCUT2D eigenvalue weighted by Gasteiger charge is 2.46. The SMILES string of the molecule is c1ccc(N2c3ccccc3C(c3ccccc3)(c3ccc4c(c3)c3ccccc3n4-c3ccc(-c4cncnc4)cc3)c3ccccc32)cc1. The van der Waals surface area contributed by atoms with Gasteiger partial charge in [-0.1, -0.05) is 121 Å². The van der Waals surface area contributed by atoms with E-state index in [2.05, 4.69) is 195 Å². The summed E-state index contributed by atoms with van der Waals surface area (Å²) in [5.41, 5.74) is 13.4. The molecule has 10 rings (SSSR count). The van der Waals surface area contributed by atoms with E-state index in [1.165, 1.54) is 55.4 Å². The summed E-state index contributed by atoms with van der Waals surface area (Å²) in [4.78, 5) is 10.9. The second-order valence-corrected chi connectivity index (χ2v) is 13.1. The quantitative estimate of drug-likeness (QED) is 0.186. The van der Waals surface area contributed by atoms with Crippen LogP contribution in [0.2, 0.25) is 0 Å². The summed E-state index contributed by atoms with van der Waals surface area (Å²) in [7, 11) is 0. The van der Waals surface area contributed by atoms with E-state index >= 15 is 0 Å². The molecule has 2 aromatic heterocycles. The molecule has 9 aromatic rings. The molecule has 4 nitrogen and oxygen atoms in total. The highest BCUT2D eigenvalue weighted by molar-refractivity contribution is 6.10. The lowest BCUT2D eigenvalue weighted by atomic mass is 9.62. The van der Waals surface area contributed by atoms with E-state index in [0.717, 1.165) is 22.5 Å². The second-order valence-electron chi connectivity index (χ2n) is 13.1. The number of hydrogen-bond acceptors (Lipinski definition) is 3. The number of rotatable bonds is 5. The molecule has 0 spiro atoms. The van der Waals surface area contributed by atoms with Crippen LogP contribution >= 0.6 is 0 Å². The average molecular weight is 653 g/mol. The molecule has 0 saturated heterocycles. The minimum atomic E-state index is -0.573. The molecule has 51 heavy (non-hydrogen) atoms. The van der Waals surface area contributed by atoms with E-state index < -0.39 is 5.41 Å². The van der Waals surface area contributed by atoms with Crippen molar-refractivity contribution in [3.8, 4) is 16.8 Å². The van der Waals surface area contributed by atoms with Gasteiger partial charge in [0, 0.05) is 40.1 Å². The molecule has 240 valence electrons. The lowest BCUT2D eigenvalue weighted by Gasteiger charge is -2.46. The van der Waals surface area contributed by atoms with Crippen molar-refractivity contribution in [2.75, 3.05) is 4.90 Å². The molecule has 1 aliphatic heterocycles. The first-order valence-electron chi connectivity index (χ1n) is 17.3. The molecule has 0 fully saturated rings. The summed E-state index contributed by atoms with van der Waals surface area (Å²) >= 11 is 0. The maximum Gasteiger partial charge on any atom is 0.115 e. The predicted octanol–water partition coefficient (Wildman–Crippen LogP) is 11.4. The van der Waals surface area contributed by atoms with Crippen LogP contribution in [-0.4, -0.2) is 14.5 Å². The number of hydrogen-bond donors (Lipinski definition) is 0. The number of aromatic nitrogens is 3. The number of benzene rings is 7. The van der Waals surface area contributed by atoms with Crippen molar-refractivity contribution in [2.45, 2.75) is 5.41 Å². The third-order valence-electron chi connectivity index (χ3n) is 10.4. The van der Waals surface area contributed by atoms with Crippen LogP contribution in [0.5, 0.6) is 0 Å². The Morgan fingerprint density at radius 1 is 0.412 bits per heavy atom. The summed E-state index contributed by atoms with van der Waals surface area (Å²) in [6.07, 6.45) is 5.27. The molecule has 3 heterocycles. The van der Waals surface area contributed by atoms with Crippen LogP contribution in [0.4, 0.5) is 17.1 Å². The van der Waals surface area contributed by atoms with Gasteiger partial charge in [-0.3, -0.25) is 0 Å². The van der Waals surface area contributed by atoms with Gasteiger partial charge in [0.25, 0.3) is 0 Å². The smallest absolute Gasteiger partial charge is 0.115 e. The van der Waals surface area contributed by atoms with Gasteiger partial charge in [-0.2, -0.15) is 0 Å². The zero-order valence-electron chi connectivity index (χ0n) is 27.8. The highest BCUT2D eigenvalue weighted by atomic mass is 15.2. The Kier molecular flexibility index (Phi) is 6.68. The van der Waals surface area contributed by atoms with Crippen LogP contribution < -0.4 is 4.90 Å². The van der Waals surface area contributed by atoms with Gasteiger partial charge in [0.15, 0.2) is 0 Å². The zero-order chi connectivity index (χ0) is 33.8. The second kappa shape index (κ2) is 11.7. The first kappa shape index (κ1) is 29.2. The molecule has 4 heteroatoms. The molecule has 7 aromatic carbocycles. The molecule has 0 bridgehead atoms. The molecule has 0 amide bonds. The van der Waals surface area contributed by atoms with Gasteiger partial charge in [0.1, 0.15) is 6.33 Å². The summed E-state index contributed by atoms with van der Waals surface area (Å²) in [6, 6.07) is 64.2. The minimum Gasteiger partial charge on any atom is -0.310 e. The van der Waals surface area contributed by atoms with Gasteiger partial charge < -0.3 is 9.47 Å². The Balaban J connectivity index is 1.25. The average Bonchev–Trinajstić information content (AvgIpc) is 3.55. The third-order valence-corrected chi connectivity index (χ3v) is 10.4. The van der Waals surface area contributed by atoms with E-state index in [1.807, 2.05) is 12.4 Å². The fraction of sp³-hybridized carbons (Fsp3) is 0.0213. The molecular formula is C47H32N4. The number of fused-ring (bicyclic) bond motifs is 5. The maximum absolute atomic E-state index is 4.22. The standard InChI is InChI=1S/C47H32N4/c1-3-13-35(14-4-1)47(41-18-8-11-21-45(41)51(37-15-5-2-6-16-37)46-22-12-9-19-42(46)47)36-25-28-44-40(29-36)39-17-7-10-20-43(39)50(44)38-26-23-33(24-27-38)34-30-48-32-49-31-34/h1-32H. The molecule has 0 saturated carbocycles. The van der Waals surface area contributed by atoms with Crippen LogP contribution in [0.3, 0.4) is 0 Å². The maximum atomic E-state index is 4.22. The van der Waals surface area contributed by atoms with Crippen molar-refractivity contribution < 1.29 is 0 Å². The number of anilines is 3. The molecule has 0 N–H and O–H groups in total. The van der Waals surface area contributed by atoms with Gasteiger partial charge in [-0.15, -0.1) is 0 Å². The van der Waals surface area contributed by atoms with Gasteiger partial charge in [-0.25, -0.2) is 9.97 Å². The van der Waals surface area contributed by atoms with Crippen molar-refractivity contribution in [1.29, 1.82) is 0 Å². The van der Waals surface area contributed by atoms with Crippen molar-refractivity contribution in [1.82, 2.24) is 14.5 Å². The summed E-state index contributed by atoms with van der Waals surface area (Å²) in [5.74, 6) is 0. The van der Waals surface area contributed by atoms with Gasteiger partial charge in [-0.05, 0) is 82.4 Å². The minimum absolute atomic E-state index is 0.573. The topological polar surface area (TPSA) is 34.0 Å². The fourth-order valence-corrected chi connectivity index (χ4v) is 8.31. The van der Waals surface area contributed by atoms with E-state index in [9.17, 15) is 0 Å². The van der Waals surface area contributed by atoms with Crippen LogP contribution in [0.25, 0.3) is 38.6 Å². The van der Waals surface area contributed by atoms with Crippen molar-refractivity contribution >= 4 is 38.9 Å². The van der Waals surface area contributed by atoms with E-state index in [-0.39, 0.29) is 0 Å². The van der Waals surface area contributed by atoms with Crippen LogP contribution in [0.15, 0.2) is 195 Å². The van der Waals surface area contributed by atoms with Crippen LogP contribution in [0, 0.1) is 0 Å². The van der Waals surface area contributed by atoms with Gasteiger partial charge in [0.05, 0.1) is 27.8 Å². The van der Waals surface area contributed by atoms with Crippen molar-refractivity contribution in [3.63, 3.8) is 0 Å². The van der Waals surface area contributed by atoms with Gasteiger partial charge >= 0.3 is 0 Å². The zero-order valence-corrected chi connectivity index (χ0v) is 27.8. The summed E-state index contributed by atoms with van der Waals surface area (Å²) in [6.45, 7) is 0. The van der Waals surface area contributed by atoms with Crippen molar-refractivity contribution in [3.05, 3.63) is 217 Å². The molecule has 0 aliphatic carbocycles. The Morgan fingerprint density at radius 3 is 1.71 bits per heavy atom. The van der Waals surface area contributed by atoms with E-state index in [1.54, 1.807) is 6.33 Å². The lowest BCUT2D eigenvalue weighted by molar-refractivity contribution is 0.732. The summed E-state index contributed by atoms with van der Waals surface area (Å²) in [5, 5.41) is 2.45. The van der Waals surface area contributed by atoms with E-state index in [4.69, 9.17) is 0 Å². The largest absolute Gasteiger partial charge is 0.310 e. The molecule has 0 unspecified atom stereocenters. The predicted molar refractivity (Wildman–Crippen MR) is 208 cm³/mol. The lowest BCUT2D eigenvalue weighted by Crippen LogP contribution is -2.37. The highest BCUT2D eigenvalue weighted by Crippen LogP contribution is 2.58. The first-order valence-corrected chi connectivity index (χ1v) is 17.3. The van der Waals surface area contributed by atoms with Crippen LogP contribution in [0.1, 0.15) is 22.3 Å². The monoisotopic (exact) mass is 652 g/mol. The molecular weight excluding hydrogens is 621 g/mol. The normalized spacial score (nSPS) is 13.2. The van der Waals surface area contributed by atoms with Crippen LogP contribution in [-0.2, 0) is 5.41 Å². The Labute approximate surface area is 296 Å². The van der Waals surface area contributed by atoms with Crippen molar-refractivity contribution in [2.24, 2.45) is 0 Å². The Morgan fingerprint density at radius 2 is 1.00 bits per heavy atom. The third kappa shape index (κ3) is 4.40. The first-order chi connectivity index (χ1) is 25.3. The van der Waals surface area contributed by atoms with Gasteiger partial charge in [0.2, 0.25) is 0 Å². The molecule has 0 atom stereocenters.